The number of hydrogen-bond acceptors (Lipinski definition) is 1. The van der Waals surface area contributed by atoms with E-state index in [9.17, 15) is 0 Å². The Labute approximate surface area is 425 Å². The van der Waals surface area contributed by atoms with Crippen LogP contribution in [-0.2, 0) is 17.3 Å². The minimum absolute atomic E-state index is 0.0575. The maximum Gasteiger partial charge on any atom is 0.247 e. The standard InChI is InChI=1S/C69H61BN2/c1-39-15-26-49-52-28-29-53-64-51-14-12-11-13-48(51)55-37-47(71(45-21-17-43(18-22-45)68(5,6)7)46-23-19-44(20-24-46)69(8,9)10)25-27-50(55)58(64)38-63-66(53)70(60-35-41(3)33-57(65(52)60)54(49)31-39)61-36-42(4)34-59-56-32-40(2)16-30-62(56)72(63)67(59)61/h11-27,30-38,52H,28-29H2,1-10H3. The highest BCUT2D eigenvalue weighted by atomic mass is 15.1. The van der Waals surface area contributed by atoms with Gasteiger partial charge in [0.25, 0.3) is 0 Å². The van der Waals surface area contributed by atoms with E-state index < -0.39 is 0 Å². The molecule has 2 aliphatic heterocycles. The maximum atomic E-state index is 2.68. The second-order valence-electron chi connectivity index (χ2n) is 24.0. The molecule has 14 rings (SSSR count). The molecule has 0 saturated carbocycles. The van der Waals surface area contributed by atoms with Crippen molar-refractivity contribution in [3.05, 3.63) is 208 Å². The minimum Gasteiger partial charge on any atom is -0.310 e. The number of benzene rings is 10. The number of aryl methyl sites for hydroxylation is 5. The molecule has 0 saturated heterocycles. The van der Waals surface area contributed by atoms with E-state index in [0.717, 1.165) is 29.9 Å². The summed E-state index contributed by atoms with van der Waals surface area (Å²) in [5, 5.41) is 10.7. The van der Waals surface area contributed by atoms with E-state index in [1.165, 1.54) is 132 Å². The van der Waals surface area contributed by atoms with E-state index in [1.54, 1.807) is 5.56 Å². The zero-order chi connectivity index (χ0) is 49.3. The van der Waals surface area contributed by atoms with Crippen LogP contribution in [0.4, 0.5) is 17.1 Å². The number of anilines is 3. The van der Waals surface area contributed by atoms with E-state index >= 15 is 0 Å². The Hall–Kier alpha value is -7.36. The van der Waals surface area contributed by atoms with Crippen LogP contribution >= 0.6 is 0 Å². The molecule has 3 heteroatoms. The van der Waals surface area contributed by atoms with Crippen molar-refractivity contribution in [3.63, 3.8) is 0 Å². The zero-order valence-corrected chi connectivity index (χ0v) is 43.5. The van der Waals surface area contributed by atoms with Crippen LogP contribution in [0.25, 0.3) is 70.9 Å². The van der Waals surface area contributed by atoms with Crippen molar-refractivity contribution < 1.29 is 0 Å². The molecule has 3 aliphatic rings. The number of hydrogen-bond donors (Lipinski definition) is 0. The van der Waals surface area contributed by atoms with Gasteiger partial charge >= 0.3 is 0 Å². The topological polar surface area (TPSA) is 8.17 Å². The zero-order valence-electron chi connectivity index (χ0n) is 43.5. The molecule has 2 nitrogen and oxygen atoms in total. The second kappa shape index (κ2) is 15.1. The van der Waals surface area contributed by atoms with Gasteiger partial charge in [-0.05, 0) is 194 Å². The van der Waals surface area contributed by atoms with E-state index in [2.05, 4.69) is 236 Å². The van der Waals surface area contributed by atoms with Gasteiger partial charge in [-0.25, -0.2) is 0 Å². The summed E-state index contributed by atoms with van der Waals surface area (Å²) in [6, 6.07) is 62.3. The first kappa shape index (κ1) is 43.4. The summed E-state index contributed by atoms with van der Waals surface area (Å²) >= 11 is 0. The quantitative estimate of drug-likeness (QED) is 0.127. The lowest BCUT2D eigenvalue weighted by Crippen LogP contribution is -2.59. The molecule has 72 heavy (non-hydrogen) atoms. The van der Waals surface area contributed by atoms with Crippen molar-refractivity contribution in [2.75, 3.05) is 4.90 Å². The fourth-order valence-electron chi connectivity index (χ4n) is 13.8. The van der Waals surface area contributed by atoms with Crippen LogP contribution in [0.1, 0.15) is 104 Å². The average Bonchev–Trinajstić information content (AvgIpc) is 3.83. The van der Waals surface area contributed by atoms with Gasteiger partial charge in [0, 0.05) is 45.0 Å². The first-order chi connectivity index (χ1) is 34.6. The highest BCUT2D eigenvalue weighted by Crippen LogP contribution is 2.50. The van der Waals surface area contributed by atoms with E-state index in [0.29, 0.717) is 5.92 Å². The van der Waals surface area contributed by atoms with Gasteiger partial charge < -0.3 is 9.47 Å². The fourth-order valence-corrected chi connectivity index (χ4v) is 13.8. The molecule has 0 fully saturated rings. The fraction of sp³-hybridized carbons (Fsp3) is 0.217. The first-order valence-electron chi connectivity index (χ1n) is 26.4. The Morgan fingerprint density at radius 2 is 1.08 bits per heavy atom. The molecule has 0 radical (unpaired) electrons. The largest absolute Gasteiger partial charge is 0.310 e. The Kier molecular flexibility index (Phi) is 9.10. The lowest BCUT2D eigenvalue weighted by molar-refractivity contribution is 0.590. The molecule has 0 amide bonds. The molecule has 3 heterocycles. The summed E-state index contributed by atoms with van der Waals surface area (Å²) in [6.07, 6.45) is 2.04. The predicted molar refractivity (Wildman–Crippen MR) is 311 cm³/mol. The number of nitrogens with zero attached hydrogens (tertiary/aromatic N) is 2. The smallest absolute Gasteiger partial charge is 0.247 e. The van der Waals surface area contributed by atoms with Gasteiger partial charge in [-0.2, -0.15) is 0 Å². The Bertz CT molecular complexity index is 4100. The van der Waals surface area contributed by atoms with Crippen molar-refractivity contribution in [3.8, 4) is 16.8 Å². The maximum absolute atomic E-state index is 2.68. The lowest BCUT2D eigenvalue weighted by Gasteiger charge is -2.35. The molecule has 10 aromatic carbocycles. The van der Waals surface area contributed by atoms with Gasteiger partial charge in [0.05, 0.1) is 5.52 Å². The van der Waals surface area contributed by atoms with Crippen LogP contribution in [-0.4, -0.2) is 11.3 Å². The summed E-state index contributed by atoms with van der Waals surface area (Å²) in [7, 11) is 0. The van der Waals surface area contributed by atoms with E-state index in [1.807, 2.05) is 0 Å². The first-order valence-corrected chi connectivity index (χ1v) is 26.4. The molecule has 1 atom stereocenters. The molecule has 350 valence electrons. The summed E-state index contributed by atoms with van der Waals surface area (Å²) in [5.41, 5.74) is 27.4. The van der Waals surface area contributed by atoms with Crippen molar-refractivity contribution in [2.24, 2.45) is 0 Å². The second-order valence-corrected chi connectivity index (χ2v) is 24.0. The number of rotatable bonds is 3. The van der Waals surface area contributed by atoms with Crippen LogP contribution in [0.2, 0.25) is 0 Å². The molecule has 0 N–H and O–H groups in total. The lowest BCUT2D eigenvalue weighted by atomic mass is 9.33. The predicted octanol–water partition coefficient (Wildman–Crippen LogP) is 16.4. The van der Waals surface area contributed by atoms with Crippen LogP contribution in [0.3, 0.4) is 0 Å². The van der Waals surface area contributed by atoms with Crippen LogP contribution in [0, 0.1) is 27.7 Å². The molecule has 1 aromatic heterocycles. The third-order valence-electron chi connectivity index (χ3n) is 17.1. The third kappa shape index (κ3) is 6.22. The minimum atomic E-state index is 0.0575. The number of aromatic nitrogens is 1. The third-order valence-corrected chi connectivity index (χ3v) is 17.1. The Balaban J connectivity index is 1.09. The monoisotopic (exact) mass is 928 g/mol. The number of fused-ring (bicyclic) bond motifs is 16. The summed E-state index contributed by atoms with van der Waals surface area (Å²) in [6.45, 7) is 23.0. The molecular formula is C69H61BN2. The van der Waals surface area contributed by atoms with Crippen molar-refractivity contribution in [1.82, 2.24) is 4.57 Å². The molecule has 0 spiro atoms. The van der Waals surface area contributed by atoms with E-state index in [4.69, 9.17) is 0 Å². The van der Waals surface area contributed by atoms with Gasteiger partial charge in [-0.15, -0.1) is 0 Å². The summed E-state index contributed by atoms with van der Waals surface area (Å²) in [4.78, 5) is 2.46. The van der Waals surface area contributed by atoms with Crippen LogP contribution in [0.15, 0.2) is 158 Å². The van der Waals surface area contributed by atoms with Gasteiger partial charge in [0.2, 0.25) is 6.71 Å². The average molecular weight is 929 g/mol. The Morgan fingerprint density at radius 3 is 1.79 bits per heavy atom. The van der Waals surface area contributed by atoms with Gasteiger partial charge in [-0.3, -0.25) is 0 Å². The van der Waals surface area contributed by atoms with Gasteiger partial charge in [-0.1, -0.05) is 166 Å². The SMILES string of the molecule is Cc1ccc2c(c1)-c1cc(C)cc3c1C2CCc1c2c(cc4c5ccc(N(c6ccc(C(C)(C)C)cc6)c6ccc(C(C)(C)C)cc6)cc5c5ccccc5c14)-n1c4ccc(C)cc4c4cc(C)cc(c41)B32. The molecule has 11 aromatic rings. The highest BCUT2D eigenvalue weighted by molar-refractivity contribution is 6.99. The summed E-state index contributed by atoms with van der Waals surface area (Å²) < 4.78 is 2.68. The molecule has 0 bridgehead atoms. The molecular weight excluding hydrogens is 868 g/mol. The summed E-state index contributed by atoms with van der Waals surface area (Å²) in [5.74, 6) is 0.323. The van der Waals surface area contributed by atoms with Crippen molar-refractivity contribution in [1.29, 1.82) is 0 Å². The molecule has 1 unspecified atom stereocenters. The van der Waals surface area contributed by atoms with Gasteiger partial charge in [0.1, 0.15) is 0 Å². The Morgan fingerprint density at radius 1 is 0.486 bits per heavy atom. The van der Waals surface area contributed by atoms with Gasteiger partial charge in [0.15, 0.2) is 0 Å². The van der Waals surface area contributed by atoms with Crippen LogP contribution < -0.4 is 21.3 Å². The highest BCUT2D eigenvalue weighted by Gasteiger charge is 2.43. The van der Waals surface area contributed by atoms with Crippen molar-refractivity contribution in [2.45, 2.75) is 98.8 Å². The van der Waals surface area contributed by atoms with E-state index in [-0.39, 0.29) is 17.5 Å². The van der Waals surface area contributed by atoms with Crippen molar-refractivity contribution >= 4 is 94.3 Å². The molecule has 1 aliphatic carbocycles. The van der Waals surface area contributed by atoms with Crippen LogP contribution in [0.5, 0.6) is 0 Å². The normalized spacial score (nSPS) is 14.8.